The van der Waals surface area contributed by atoms with E-state index in [4.69, 9.17) is 5.73 Å². The fraction of sp³-hybridized carbons (Fsp3) is 0.929. The summed E-state index contributed by atoms with van der Waals surface area (Å²) < 4.78 is 0. The number of nitrogens with zero attached hydrogens (tertiary/aromatic N) is 1. The molecule has 3 N–H and O–H groups in total. The van der Waals surface area contributed by atoms with Gasteiger partial charge in [-0.25, -0.2) is 0 Å². The Morgan fingerprint density at radius 1 is 1.39 bits per heavy atom. The summed E-state index contributed by atoms with van der Waals surface area (Å²) in [7, 11) is 2.07. The number of carbonyl (C=O) groups is 1. The van der Waals surface area contributed by atoms with Gasteiger partial charge in [-0.15, -0.1) is 0 Å². The molecule has 0 aromatic rings. The zero-order chi connectivity index (χ0) is 13.9. The van der Waals surface area contributed by atoms with E-state index in [-0.39, 0.29) is 11.9 Å². The number of nitrogens with one attached hydrogen (secondary N) is 1. The van der Waals surface area contributed by atoms with Crippen LogP contribution >= 0.6 is 0 Å². The predicted molar refractivity (Wildman–Crippen MR) is 75.3 cm³/mol. The Hall–Kier alpha value is -0.610. The number of hydrogen-bond donors (Lipinski definition) is 2. The maximum absolute atomic E-state index is 12.0. The number of primary amides is 1. The average molecular weight is 255 g/mol. The molecule has 0 spiro atoms. The first kappa shape index (κ1) is 15.4. The molecule has 4 nitrogen and oxygen atoms in total. The van der Waals surface area contributed by atoms with E-state index in [1.54, 1.807) is 0 Å². The van der Waals surface area contributed by atoms with Gasteiger partial charge in [-0.3, -0.25) is 10.1 Å². The van der Waals surface area contributed by atoms with Gasteiger partial charge in [-0.2, -0.15) is 0 Å². The van der Waals surface area contributed by atoms with Crippen LogP contribution in [0.15, 0.2) is 0 Å². The molecule has 0 aromatic heterocycles. The van der Waals surface area contributed by atoms with Gasteiger partial charge in [-0.05, 0) is 45.6 Å². The van der Waals surface area contributed by atoms with Gasteiger partial charge < -0.3 is 10.6 Å². The van der Waals surface area contributed by atoms with Gasteiger partial charge in [0.2, 0.25) is 5.91 Å². The van der Waals surface area contributed by atoms with Gasteiger partial charge in [0.15, 0.2) is 0 Å². The Morgan fingerprint density at radius 2 is 1.94 bits per heavy atom. The molecule has 0 aromatic carbocycles. The molecule has 0 saturated heterocycles. The molecule has 1 amide bonds. The molecule has 18 heavy (non-hydrogen) atoms. The second-order valence-electron chi connectivity index (χ2n) is 6.50. The van der Waals surface area contributed by atoms with Gasteiger partial charge in [0.1, 0.15) is 5.54 Å². The molecular weight excluding hydrogens is 226 g/mol. The van der Waals surface area contributed by atoms with Crippen molar-refractivity contribution < 1.29 is 4.79 Å². The molecule has 1 fully saturated rings. The SMILES string of the molecule is CC(C)CN(C)CC(NC(C)C)(C(N)=O)C1CC1. The second-order valence-corrected chi connectivity index (χ2v) is 6.50. The van der Waals surface area contributed by atoms with E-state index in [2.05, 4.69) is 45.0 Å². The number of likely N-dealkylation sites (N-methyl/N-ethyl adjacent to an activating group) is 1. The molecule has 1 rings (SSSR count). The lowest BCUT2D eigenvalue weighted by Crippen LogP contribution is -2.64. The van der Waals surface area contributed by atoms with Crippen LogP contribution < -0.4 is 11.1 Å². The zero-order valence-electron chi connectivity index (χ0n) is 12.5. The summed E-state index contributed by atoms with van der Waals surface area (Å²) in [6, 6.07) is 0.269. The Morgan fingerprint density at radius 3 is 2.28 bits per heavy atom. The summed E-state index contributed by atoms with van der Waals surface area (Å²) >= 11 is 0. The topological polar surface area (TPSA) is 58.4 Å². The quantitative estimate of drug-likeness (QED) is 0.685. The Balaban J connectivity index is 2.78. The smallest absolute Gasteiger partial charge is 0.239 e. The van der Waals surface area contributed by atoms with Gasteiger partial charge in [-0.1, -0.05) is 13.8 Å². The first-order valence-corrected chi connectivity index (χ1v) is 7.04. The van der Waals surface area contributed by atoms with Gasteiger partial charge in [0.05, 0.1) is 0 Å². The number of rotatable bonds is 8. The van der Waals surface area contributed by atoms with E-state index in [9.17, 15) is 4.79 Å². The molecule has 1 aliphatic carbocycles. The normalized spacial score (nSPS) is 19.6. The van der Waals surface area contributed by atoms with Crippen molar-refractivity contribution in [1.82, 2.24) is 10.2 Å². The molecule has 1 aliphatic rings. The van der Waals surface area contributed by atoms with E-state index >= 15 is 0 Å². The summed E-state index contributed by atoms with van der Waals surface area (Å²) in [4.78, 5) is 14.2. The molecular formula is C14H29N3O. The Labute approximate surface area is 111 Å². The number of carbonyl (C=O) groups excluding carboxylic acids is 1. The summed E-state index contributed by atoms with van der Waals surface area (Å²) in [5.41, 5.74) is 5.17. The first-order chi connectivity index (χ1) is 8.28. The van der Waals surface area contributed by atoms with Crippen LogP contribution in [0.25, 0.3) is 0 Å². The summed E-state index contributed by atoms with van der Waals surface area (Å²) in [6.45, 7) is 10.2. The highest BCUT2D eigenvalue weighted by molar-refractivity contribution is 5.86. The summed E-state index contributed by atoms with van der Waals surface area (Å²) in [6.07, 6.45) is 2.22. The van der Waals surface area contributed by atoms with Crippen LogP contribution in [0.5, 0.6) is 0 Å². The molecule has 0 bridgehead atoms. The van der Waals surface area contributed by atoms with Crippen LogP contribution in [0, 0.1) is 11.8 Å². The standard InChI is InChI=1S/C14H29N3O/c1-10(2)8-17(5)9-14(13(15)18,12-6-7-12)16-11(3)4/h10-12,16H,6-9H2,1-5H3,(H2,15,18). The Bertz CT molecular complexity index is 287. The van der Waals surface area contributed by atoms with Crippen molar-refractivity contribution in [2.24, 2.45) is 17.6 Å². The molecule has 0 aliphatic heterocycles. The van der Waals surface area contributed by atoms with Crippen molar-refractivity contribution >= 4 is 5.91 Å². The number of nitrogens with two attached hydrogens (primary N) is 1. The highest BCUT2D eigenvalue weighted by Gasteiger charge is 2.50. The molecule has 1 atom stereocenters. The van der Waals surface area contributed by atoms with Crippen molar-refractivity contribution in [1.29, 1.82) is 0 Å². The highest BCUT2D eigenvalue weighted by Crippen LogP contribution is 2.40. The third-order valence-electron chi connectivity index (χ3n) is 3.46. The second kappa shape index (κ2) is 6.02. The largest absolute Gasteiger partial charge is 0.368 e. The van der Waals surface area contributed by atoms with Crippen LogP contribution in [0.1, 0.15) is 40.5 Å². The zero-order valence-corrected chi connectivity index (χ0v) is 12.5. The van der Waals surface area contributed by atoms with E-state index in [1.165, 1.54) is 0 Å². The van der Waals surface area contributed by atoms with Crippen LogP contribution in [0.2, 0.25) is 0 Å². The van der Waals surface area contributed by atoms with E-state index in [1.807, 2.05) is 0 Å². The highest BCUT2D eigenvalue weighted by atomic mass is 16.1. The lowest BCUT2D eigenvalue weighted by atomic mass is 9.90. The lowest BCUT2D eigenvalue weighted by molar-refractivity contribution is -0.126. The predicted octanol–water partition coefficient (Wildman–Crippen LogP) is 1.21. The van der Waals surface area contributed by atoms with Crippen molar-refractivity contribution in [3.05, 3.63) is 0 Å². The molecule has 4 heteroatoms. The summed E-state index contributed by atoms with van der Waals surface area (Å²) in [5, 5.41) is 3.44. The molecule has 106 valence electrons. The third kappa shape index (κ3) is 3.95. The van der Waals surface area contributed by atoms with E-state index in [0.717, 1.165) is 19.4 Å². The van der Waals surface area contributed by atoms with Gasteiger partial charge in [0.25, 0.3) is 0 Å². The number of hydrogen-bond acceptors (Lipinski definition) is 3. The van der Waals surface area contributed by atoms with Crippen molar-refractivity contribution in [2.45, 2.75) is 52.1 Å². The molecule has 0 radical (unpaired) electrons. The first-order valence-electron chi connectivity index (χ1n) is 7.04. The minimum Gasteiger partial charge on any atom is -0.368 e. The fourth-order valence-electron chi connectivity index (χ4n) is 2.85. The third-order valence-corrected chi connectivity index (χ3v) is 3.46. The van der Waals surface area contributed by atoms with Crippen molar-refractivity contribution in [3.63, 3.8) is 0 Å². The maximum atomic E-state index is 12.0. The lowest BCUT2D eigenvalue weighted by Gasteiger charge is -2.37. The monoisotopic (exact) mass is 255 g/mol. The van der Waals surface area contributed by atoms with Crippen LogP contribution in [-0.2, 0) is 4.79 Å². The molecule has 1 saturated carbocycles. The fourth-order valence-corrected chi connectivity index (χ4v) is 2.85. The van der Waals surface area contributed by atoms with Gasteiger partial charge in [0, 0.05) is 19.1 Å². The van der Waals surface area contributed by atoms with Crippen molar-refractivity contribution in [2.75, 3.05) is 20.1 Å². The van der Waals surface area contributed by atoms with Crippen LogP contribution in [-0.4, -0.2) is 42.5 Å². The van der Waals surface area contributed by atoms with Crippen LogP contribution in [0.3, 0.4) is 0 Å². The van der Waals surface area contributed by atoms with E-state index < -0.39 is 5.54 Å². The van der Waals surface area contributed by atoms with Gasteiger partial charge >= 0.3 is 0 Å². The average Bonchev–Trinajstić information content (AvgIpc) is 2.96. The molecule has 1 unspecified atom stereocenters. The van der Waals surface area contributed by atoms with Crippen LogP contribution in [0.4, 0.5) is 0 Å². The number of amides is 1. The molecule has 0 heterocycles. The van der Waals surface area contributed by atoms with Crippen molar-refractivity contribution in [3.8, 4) is 0 Å². The summed E-state index contributed by atoms with van der Waals surface area (Å²) in [5.74, 6) is 0.806. The minimum absolute atomic E-state index is 0.200. The minimum atomic E-state index is -0.544. The van der Waals surface area contributed by atoms with E-state index in [0.29, 0.717) is 18.4 Å². The maximum Gasteiger partial charge on any atom is 0.239 e. The Kier molecular flexibility index (Phi) is 5.17.